The van der Waals surface area contributed by atoms with Gasteiger partial charge in [0, 0.05) is 17.7 Å². The van der Waals surface area contributed by atoms with Gasteiger partial charge in [-0.05, 0) is 23.8 Å². The summed E-state index contributed by atoms with van der Waals surface area (Å²) in [5.74, 6) is -1.86. The van der Waals surface area contributed by atoms with Crippen molar-refractivity contribution in [1.29, 1.82) is 0 Å². The molecule has 2 amide bonds. The number of aromatic hydroxyl groups is 1. The maximum absolute atomic E-state index is 13.3. The lowest BCUT2D eigenvalue weighted by Gasteiger charge is -2.13. The topological polar surface area (TPSA) is 91.3 Å². The van der Waals surface area contributed by atoms with Gasteiger partial charge in [0.25, 0.3) is 11.8 Å². The van der Waals surface area contributed by atoms with Gasteiger partial charge in [-0.3, -0.25) is 9.59 Å². The molecular weight excluding hydrogens is 550 g/mol. The van der Waals surface area contributed by atoms with Gasteiger partial charge in [-0.25, -0.2) is 4.98 Å². The molecule has 3 aromatic carbocycles. The van der Waals surface area contributed by atoms with Gasteiger partial charge in [-0.2, -0.15) is 13.2 Å². The van der Waals surface area contributed by atoms with Crippen molar-refractivity contribution >= 4 is 51.4 Å². The van der Waals surface area contributed by atoms with Crippen LogP contribution in [0.5, 0.6) is 5.75 Å². The van der Waals surface area contributed by atoms with Crippen molar-refractivity contribution < 1.29 is 27.9 Å². The molecule has 190 valence electrons. The summed E-state index contributed by atoms with van der Waals surface area (Å²) in [5.41, 5.74) is -0.500. The van der Waals surface area contributed by atoms with E-state index in [1.54, 1.807) is 30.3 Å². The van der Waals surface area contributed by atoms with Crippen LogP contribution >= 0.6 is 34.5 Å². The van der Waals surface area contributed by atoms with E-state index in [4.69, 9.17) is 23.2 Å². The quantitative estimate of drug-likeness (QED) is 0.234. The van der Waals surface area contributed by atoms with Gasteiger partial charge in [0.15, 0.2) is 11.4 Å². The lowest BCUT2D eigenvalue weighted by Crippen LogP contribution is -2.26. The summed E-state index contributed by atoms with van der Waals surface area (Å²) in [6.07, 6.45) is -4.59. The van der Waals surface area contributed by atoms with Gasteiger partial charge in [0.05, 0.1) is 15.6 Å². The number of rotatable bonds is 6. The molecule has 0 aliphatic rings. The zero-order valence-electron chi connectivity index (χ0n) is 18.6. The van der Waals surface area contributed by atoms with Crippen molar-refractivity contribution in [3.05, 3.63) is 99.2 Å². The SMILES string of the molecule is O=C(Nc1sc(-c2ccccc2)nc1C(=O)NCc1ccccc1C(F)(F)F)c1cc(Cl)c(O)c(Cl)c1. The predicted octanol–water partition coefficient (Wildman–Crippen LogP) is 7.02. The summed E-state index contributed by atoms with van der Waals surface area (Å²) in [4.78, 5) is 30.3. The Balaban J connectivity index is 1.64. The first-order valence-corrected chi connectivity index (χ1v) is 12.1. The minimum absolute atomic E-state index is 0.00734. The van der Waals surface area contributed by atoms with Gasteiger partial charge in [-0.1, -0.05) is 83.1 Å². The fraction of sp³-hybridized carbons (Fsp3) is 0.0800. The van der Waals surface area contributed by atoms with E-state index in [2.05, 4.69) is 15.6 Å². The molecule has 0 unspecified atom stereocenters. The zero-order chi connectivity index (χ0) is 26.7. The van der Waals surface area contributed by atoms with Crippen LogP contribution in [0.3, 0.4) is 0 Å². The molecule has 6 nitrogen and oxygen atoms in total. The normalized spacial score (nSPS) is 11.3. The fourth-order valence-corrected chi connectivity index (χ4v) is 4.80. The molecular formula is C25H16Cl2F3N3O3S. The van der Waals surface area contributed by atoms with Crippen molar-refractivity contribution in [2.75, 3.05) is 5.32 Å². The molecule has 4 aromatic rings. The first-order chi connectivity index (χ1) is 17.5. The number of alkyl halides is 3. The number of nitrogens with zero attached hydrogens (tertiary/aromatic N) is 1. The molecule has 1 heterocycles. The van der Waals surface area contributed by atoms with Crippen LogP contribution in [0.2, 0.25) is 10.0 Å². The summed E-state index contributed by atoms with van der Waals surface area (Å²) in [6.45, 7) is -0.413. The van der Waals surface area contributed by atoms with Crippen molar-refractivity contribution in [3.8, 4) is 16.3 Å². The second kappa shape index (κ2) is 10.8. The van der Waals surface area contributed by atoms with Crippen LogP contribution < -0.4 is 10.6 Å². The van der Waals surface area contributed by atoms with E-state index >= 15 is 0 Å². The molecule has 0 fully saturated rings. The molecule has 0 atom stereocenters. The minimum Gasteiger partial charge on any atom is -0.505 e. The zero-order valence-corrected chi connectivity index (χ0v) is 20.9. The molecule has 12 heteroatoms. The molecule has 0 radical (unpaired) electrons. The van der Waals surface area contributed by atoms with Crippen LogP contribution in [0.15, 0.2) is 66.7 Å². The first-order valence-electron chi connectivity index (χ1n) is 10.5. The number of carbonyl (C=O) groups excluding carboxylic acids is 2. The average Bonchev–Trinajstić information content (AvgIpc) is 3.29. The number of aromatic nitrogens is 1. The summed E-state index contributed by atoms with van der Waals surface area (Å²) < 4.78 is 40.0. The summed E-state index contributed by atoms with van der Waals surface area (Å²) >= 11 is 12.8. The monoisotopic (exact) mass is 565 g/mol. The van der Waals surface area contributed by atoms with Crippen molar-refractivity contribution in [2.45, 2.75) is 12.7 Å². The van der Waals surface area contributed by atoms with E-state index in [9.17, 15) is 27.9 Å². The number of benzene rings is 3. The van der Waals surface area contributed by atoms with Crippen molar-refractivity contribution in [3.63, 3.8) is 0 Å². The molecule has 0 saturated heterocycles. The van der Waals surface area contributed by atoms with Crippen LogP contribution in [-0.4, -0.2) is 21.9 Å². The van der Waals surface area contributed by atoms with E-state index in [0.29, 0.717) is 10.6 Å². The Hall–Kier alpha value is -3.60. The van der Waals surface area contributed by atoms with Crippen LogP contribution in [0.25, 0.3) is 10.6 Å². The summed E-state index contributed by atoms with van der Waals surface area (Å²) in [7, 11) is 0. The third-order valence-corrected chi connectivity index (χ3v) is 6.73. The molecule has 0 spiro atoms. The minimum atomic E-state index is -4.59. The van der Waals surface area contributed by atoms with E-state index in [0.717, 1.165) is 17.4 Å². The van der Waals surface area contributed by atoms with Gasteiger partial charge < -0.3 is 15.7 Å². The lowest BCUT2D eigenvalue weighted by atomic mass is 10.1. The van der Waals surface area contributed by atoms with Gasteiger partial charge in [-0.15, -0.1) is 0 Å². The van der Waals surface area contributed by atoms with E-state index < -0.39 is 30.1 Å². The number of nitrogens with one attached hydrogen (secondary N) is 2. The number of hydrogen-bond donors (Lipinski definition) is 3. The highest BCUT2D eigenvalue weighted by Gasteiger charge is 2.33. The van der Waals surface area contributed by atoms with Crippen LogP contribution in [0, 0.1) is 0 Å². The Labute approximate surface area is 222 Å². The third-order valence-electron chi connectivity index (χ3n) is 5.13. The lowest BCUT2D eigenvalue weighted by molar-refractivity contribution is -0.138. The molecule has 0 aliphatic heterocycles. The van der Waals surface area contributed by atoms with Crippen LogP contribution in [0.1, 0.15) is 32.0 Å². The Morgan fingerprint density at radius 3 is 2.22 bits per heavy atom. The summed E-state index contributed by atoms with van der Waals surface area (Å²) in [5, 5.41) is 14.9. The van der Waals surface area contributed by atoms with Crippen molar-refractivity contribution in [2.24, 2.45) is 0 Å². The number of amides is 2. The van der Waals surface area contributed by atoms with Crippen LogP contribution in [-0.2, 0) is 12.7 Å². The Kier molecular flexibility index (Phi) is 7.72. The maximum atomic E-state index is 13.3. The fourth-order valence-electron chi connectivity index (χ4n) is 3.35. The largest absolute Gasteiger partial charge is 0.505 e. The maximum Gasteiger partial charge on any atom is 0.416 e. The number of carbonyl (C=O) groups is 2. The third kappa shape index (κ3) is 6.04. The van der Waals surface area contributed by atoms with Gasteiger partial charge in [0.1, 0.15) is 10.0 Å². The van der Waals surface area contributed by atoms with Gasteiger partial charge in [0.2, 0.25) is 0 Å². The van der Waals surface area contributed by atoms with E-state index in [1.165, 1.54) is 30.3 Å². The molecule has 37 heavy (non-hydrogen) atoms. The second-order valence-electron chi connectivity index (χ2n) is 7.64. The number of thiazole rings is 1. The highest BCUT2D eigenvalue weighted by Crippen LogP contribution is 2.36. The summed E-state index contributed by atoms with van der Waals surface area (Å²) in [6, 6.07) is 16.1. The predicted molar refractivity (Wildman–Crippen MR) is 136 cm³/mol. The number of phenolic OH excluding ortho intramolecular Hbond substituents is 1. The first kappa shape index (κ1) is 26.5. The highest BCUT2D eigenvalue weighted by atomic mass is 35.5. The number of hydrogen-bond acceptors (Lipinski definition) is 5. The number of anilines is 1. The Morgan fingerprint density at radius 1 is 0.946 bits per heavy atom. The molecule has 0 aliphatic carbocycles. The van der Waals surface area contributed by atoms with E-state index in [1.807, 2.05) is 0 Å². The Bertz CT molecular complexity index is 1450. The van der Waals surface area contributed by atoms with Crippen molar-refractivity contribution in [1.82, 2.24) is 10.3 Å². The standard InChI is InChI=1S/C25H16Cl2F3N3O3S/c26-17-10-15(11-18(27)20(17)34)21(35)33-24-19(32-23(37-24)13-6-2-1-3-7-13)22(36)31-12-14-8-4-5-9-16(14)25(28,29)30/h1-11,34H,12H2,(H,31,36)(H,33,35). The Morgan fingerprint density at radius 2 is 1.57 bits per heavy atom. The molecule has 0 saturated carbocycles. The molecule has 4 rings (SSSR count). The van der Waals surface area contributed by atoms with Gasteiger partial charge >= 0.3 is 6.18 Å². The number of phenols is 1. The molecule has 3 N–H and O–H groups in total. The van der Waals surface area contributed by atoms with E-state index in [-0.39, 0.29) is 37.6 Å². The second-order valence-corrected chi connectivity index (χ2v) is 9.46. The van der Waals surface area contributed by atoms with Crippen LogP contribution in [0.4, 0.5) is 18.2 Å². The highest BCUT2D eigenvalue weighted by molar-refractivity contribution is 7.19. The molecule has 0 bridgehead atoms. The number of halogens is 5. The molecule has 1 aromatic heterocycles. The average molecular weight is 566 g/mol. The smallest absolute Gasteiger partial charge is 0.416 e.